The Bertz CT molecular complexity index is 1200. The van der Waals surface area contributed by atoms with Crippen LogP contribution in [0.4, 0.5) is 5.69 Å². The zero-order chi connectivity index (χ0) is 19.4. The zero-order valence-corrected chi connectivity index (χ0v) is 15.7. The number of benzene rings is 1. The van der Waals surface area contributed by atoms with E-state index < -0.39 is 0 Å². The monoisotopic (exact) mass is 385 g/mol. The number of hydrogen-bond donors (Lipinski definition) is 1. The summed E-state index contributed by atoms with van der Waals surface area (Å²) in [6, 6.07) is 11.4. The van der Waals surface area contributed by atoms with Crippen LogP contribution in [0.1, 0.15) is 59.3 Å². The predicted molar refractivity (Wildman–Crippen MR) is 107 cm³/mol. The van der Waals surface area contributed by atoms with Gasteiger partial charge < -0.3 is 9.84 Å². The molecule has 2 aliphatic rings. The Hall–Kier alpha value is -3.48. The average molecular weight is 385 g/mol. The average Bonchev–Trinajstić information content (AvgIpc) is 3.67. The number of anilines is 1. The molecule has 3 aromatic heterocycles. The second-order valence-electron chi connectivity index (χ2n) is 7.84. The van der Waals surface area contributed by atoms with E-state index in [1.54, 1.807) is 10.9 Å². The molecule has 0 unspecified atom stereocenters. The van der Waals surface area contributed by atoms with E-state index in [2.05, 4.69) is 20.6 Å². The van der Waals surface area contributed by atoms with Gasteiger partial charge in [-0.05, 0) is 62.1 Å². The van der Waals surface area contributed by atoms with Gasteiger partial charge in [0.25, 0.3) is 11.6 Å². The largest absolute Gasteiger partial charge is 0.335 e. The Kier molecular flexibility index (Phi) is 3.56. The van der Waals surface area contributed by atoms with E-state index in [4.69, 9.17) is 4.52 Å². The minimum Gasteiger partial charge on any atom is -0.335 e. The molecule has 2 aliphatic carbocycles. The Morgan fingerprint density at radius 1 is 1.10 bits per heavy atom. The van der Waals surface area contributed by atoms with Crippen molar-refractivity contribution in [2.75, 3.05) is 5.32 Å². The maximum absolute atomic E-state index is 13.2. The lowest BCUT2D eigenvalue weighted by molar-refractivity contribution is 0.102. The third-order valence-corrected chi connectivity index (χ3v) is 5.59. The van der Waals surface area contributed by atoms with Gasteiger partial charge in [0.05, 0.1) is 22.3 Å². The Morgan fingerprint density at radius 2 is 1.90 bits per heavy atom. The standard InChI is InChI=1S/C22H19N5O2/c28-21(24-15-6-8-16(9-7-15)27-11-1-10-23-27)17-12-18(13-2-3-13)25-22-19(17)20(26-29-22)14-4-5-14/h1,6-14H,2-5H2,(H,24,28). The summed E-state index contributed by atoms with van der Waals surface area (Å²) in [6.07, 6.45) is 8.00. The normalized spacial score (nSPS) is 16.3. The minimum absolute atomic E-state index is 0.156. The van der Waals surface area contributed by atoms with Gasteiger partial charge in [-0.1, -0.05) is 5.16 Å². The molecule has 144 valence electrons. The van der Waals surface area contributed by atoms with Gasteiger partial charge in [0.1, 0.15) is 0 Å². The molecule has 0 atom stereocenters. The van der Waals surface area contributed by atoms with Crippen molar-refractivity contribution in [3.05, 3.63) is 65.7 Å². The van der Waals surface area contributed by atoms with E-state index in [-0.39, 0.29) is 5.91 Å². The van der Waals surface area contributed by atoms with Crippen molar-refractivity contribution in [3.8, 4) is 5.69 Å². The van der Waals surface area contributed by atoms with E-state index in [0.29, 0.717) is 23.1 Å². The second kappa shape index (κ2) is 6.27. The highest BCUT2D eigenvalue weighted by Crippen LogP contribution is 2.45. The van der Waals surface area contributed by atoms with Crippen LogP contribution in [0.25, 0.3) is 16.8 Å². The summed E-state index contributed by atoms with van der Waals surface area (Å²) in [7, 11) is 0. The van der Waals surface area contributed by atoms with Crippen LogP contribution in [0.5, 0.6) is 0 Å². The molecule has 2 saturated carbocycles. The molecule has 6 rings (SSSR count). The quantitative estimate of drug-likeness (QED) is 0.550. The SMILES string of the molecule is O=C(Nc1ccc(-n2cccn2)cc1)c1cc(C2CC2)nc2onc(C3CC3)c12. The van der Waals surface area contributed by atoms with Gasteiger partial charge in [0.15, 0.2) is 0 Å². The zero-order valence-electron chi connectivity index (χ0n) is 15.7. The summed E-state index contributed by atoms with van der Waals surface area (Å²) in [4.78, 5) is 17.8. The lowest BCUT2D eigenvalue weighted by Gasteiger charge is -2.09. The number of amides is 1. The summed E-state index contributed by atoms with van der Waals surface area (Å²) in [5.74, 6) is 0.648. The molecular weight excluding hydrogens is 366 g/mol. The summed E-state index contributed by atoms with van der Waals surface area (Å²) in [6.45, 7) is 0. The number of pyridine rings is 1. The molecule has 7 nitrogen and oxygen atoms in total. The first-order chi connectivity index (χ1) is 14.3. The van der Waals surface area contributed by atoms with Crippen molar-refractivity contribution in [1.29, 1.82) is 0 Å². The first-order valence-electron chi connectivity index (χ1n) is 9.98. The van der Waals surface area contributed by atoms with E-state index in [1.807, 2.05) is 42.6 Å². The summed E-state index contributed by atoms with van der Waals surface area (Å²) in [5, 5.41) is 12.2. The number of carbonyl (C=O) groups is 1. The fraction of sp³-hybridized carbons (Fsp3) is 0.273. The highest BCUT2D eigenvalue weighted by molar-refractivity contribution is 6.12. The molecule has 0 bridgehead atoms. The summed E-state index contributed by atoms with van der Waals surface area (Å²) in [5.41, 5.74) is 4.55. The number of fused-ring (bicyclic) bond motifs is 1. The molecule has 1 aromatic carbocycles. The van der Waals surface area contributed by atoms with Crippen LogP contribution >= 0.6 is 0 Å². The molecule has 29 heavy (non-hydrogen) atoms. The number of nitrogens with zero attached hydrogens (tertiary/aromatic N) is 4. The van der Waals surface area contributed by atoms with Gasteiger partial charge in [-0.2, -0.15) is 5.10 Å². The number of nitrogens with one attached hydrogen (secondary N) is 1. The third-order valence-electron chi connectivity index (χ3n) is 5.59. The third kappa shape index (κ3) is 2.99. The Balaban J connectivity index is 1.35. The molecule has 0 spiro atoms. The van der Waals surface area contributed by atoms with E-state index in [9.17, 15) is 4.79 Å². The maximum atomic E-state index is 13.2. The molecule has 4 aromatic rings. The lowest BCUT2D eigenvalue weighted by Crippen LogP contribution is -2.13. The van der Waals surface area contributed by atoms with Gasteiger partial charge in [0.2, 0.25) is 0 Å². The topological polar surface area (TPSA) is 85.8 Å². The molecular formula is C22H19N5O2. The molecule has 1 amide bonds. The Morgan fingerprint density at radius 3 is 2.59 bits per heavy atom. The highest BCUT2D eigenvalue weighted by atomic mass is 16.5. The lowest BCUT2D eigenvalue weighted by atomic mass is 10.0. The van der Waals surface area contributed by atoms with Crippen LogP contribution < -0.4 is 5.32 Å². The maximum Gasteiger partial charge on any atom is 0.259 e. The van der Waals surface area contributed by atoms with Crippen LogP contribution in [-0.4, -0.2) is 25.8 Å². The molecule has 0 radical (unpaired) electrons. The van der Waals surface area contributed by atoms with E-state index in [1.165, 1.54) is 0 Å². The summed E-state index contributed by atoms with van der Waals surface area (Å²) >= 11 is 0. The van der Waals surface area contributed by atoms with Crippen LogP contribution in [-0.2, 0) is 0 Å². The van der Waals surface area contributed by atoms with Crippen molar-refractivity contribution < 1.29 is 9.32 Å². The number of rotatable bonds is 5. The van der Waals surface area contributed by atoms with Gasteiger partial charge in [-0.15, -0.1) is 0 Å². The Labute approximate surface area is 166 Å². The number of aromatic nitrogens is 4. The fourth-order valence-electron chi connectivity index (χ4n) is 3.71. The van der Waals surface area contributed by atoms with Crippen LogP contribution in [0.15, 0.2) is 53.3 Å². The van der Waals surface area contributed by atoms with Gasteiger partial charge in [-0.25, -0.2) is 9.67 Å². The number of carbonyl (C=O) groups excluding carboxylic acids is 1. The highest BCUT2D eigenvalue weighted by Gasteiger charge is 2.34. The van der Waals surface area contributed by atoms with Crippen molar-refractivity contribution in [1.82, 2.24) is 19.9 Å². The molecule has 1 N–H and O–H groups in total. The predicted octanol–water partition coefficient (Wildman–Crippen LogP) is 4.42. The summed E-state index contributed by atoms with van der Waals surface area (Å²) < 4.78 is 7.29. The molecule has 2 fully saturated rings. The van der Waals surface area contributed by atoms with Crippen LogP contribution in [0, 0.1) is 0 Å². The molecule has 0 aliphatic heterocycles. The van der Waals surface area contributed by atoms with Crippen molar-refractivity contribution in [2.24, 2.45) is 0 Å². The smallest absolute Gasteiger partial charge is 0.259 e. The first kappa shape index (κ1) is 16.5. The second-order valence-corrected chi connectivity index (χ2v) is 7.84. The first-order valence-corrected chi connectivity index (χ1v) is 9.98. The number of hydrogen-bond acceptors (Lipinski definition) is 5. The van der Waals surface area contributed by atoms with Crippen LogP contribution in [0.3, 0.4) is 0 Å². The van der Waals surface area contributed by atoms with Crippen LogP contribution in [0.2, 0.25) is 0 Å². The molecule has 7 heteroatoms. The van der Waals surface area contributed by atoms with Gasteiger partial charge >= 0.3 is 0 Å². The van der Waals surface area contributed by atoms with E-state index >= 15 is 0 Å². The van der Waals surface area contributed by atoms with E-state index in [0.717, 1.165) is 53.8 Å². The van der Waals surface area contributed by atoms with Gasteiger partial charge in [0, 0.05) is 35.6 Å². The fourth-order valence-corrected chi connectivity index (χ4v) is 3.71. The van der Waals surface area contributed by atoms with Gasteiger partial charge in [-0.3, -0.25) is 4.79 Å². The molecule has 3 heterocycles. The van der Waals surface area contributed by atoms with Crippen molar-refractivity contribution in [3.63, 3.8) is 0 Å². The van der Waals surface area contributed by atoms with Crippen molar-refractivity contribution in [2.45, 2.75) is 37.5 Å². The minimum atomic E-state index is -0.156. The van der Waals surface area contributed by atoms with Crippen molar-refractivity contribution >= 4 is 22.7 Å². The molecule has 0 saturated heterocycles.